The maximum atomic E-state index is 12.6. The Balaban J connectivity index is 0.000000231. The molecule has 8 aromatic rings. The Hall–Kier alpha value is -7.60. The van der Waals surface area contributed by atoms with Gasteiger partial charge in [0, 0.05) is 24.9 Å². The summed E-state index contributed by atoms with van der Waals surface area (Å²) < 4.78 is 50.4. The zero-order chi connectivity index (χ0) is 45.5. The van der Waals surface area contributed by atoms with E-state index in [2.05, 4.69) is 20.0 Å². The molecule has 0 unspecified atom stereocenters. The molecule has 0 spiro atoms. The molecule has 0 aromatic heterocycles. The molecule has 8 rings (SSSR count). The van der Waals surface area contributed by atoms with Gasteiger partial charge >= 0.3 is 34.1 Å². The zero-order valence-electron chi connectivity index (χ0n) is 34.3. The molecule has 8 nitrogen and oxygen atoms in total. The summed E-state index contributed by atoms with van der Waals surface area (Å²) in [5.74, 6) is -1.51. The number of para-hydroxylation sites is 4. The van der Waals surface area contributed by atoms with Crippen LogP contribution in [0.15, 0.2) is 214 Å². The fraction of sp³-hybridized carbons (Fsp3) is 0. The molecule has 0 atom stereocenters. The Morgan fingerprint density at radius 1 is 0.258 bits per heavy atom. The summed E-state index contributed by atoms with van der Waals surface area (Å²) in [5.41, 5.74) is 4.54. The number of rotatable bonds is 8. The van der Waals surface area contributed by atoms with Crippen molar-refractivity contribution in [2.45, 2.75) is 0 Å². The van der Waals surface area contributed by atoms with Crippen molar-refractivity contribution in [3.05, 3.63) is 240 Å². The van der Waals surface area contributed by atoms with Gasteiger partial charge in [0.2, 0.25) is 0 Å². The molecule has 0 saturated carbocycles. The molecule has 0 aliphatic carbocycles. The van der Waals surface area contributed by atoms with Gasteiger partial charge in [0.15, 0.2) is 0 Å². The van der Waals surface area contributed by atoms with Crippen LogP contribution in [0.4, 0.5) is 40.3 Å². The van der Waals surface area contributed by atoms with Gasteiger partial charge in [0.05, 0.1) is 22.7 Å². The van der Waals surface area contributed by atoms with E-state index in [1.54, 1.807) is 121 Å². The van der Waals surface area contributed by atoms with Crippen LogP contribution < -0.4 is 20.4 Å². The second-order valence-electron chi connectivity index (χ2n) is 13.1. The summed E-state index contributed by atoms with van der Waals surface area (Å²) in [5, 5.41) is 45.4. The first-order chi connectivity index (χ1) is 31.0. The fourth-order valence-corrected chi connectivity index (χ4v) is 5.03. The molecule has 0 N–H and O–H groups in total. The van der Waals surface area contributed by atoms with Crippen molar-refractivity contribution >= 4 is 47.6 Å². The molecule has 0 aliphatic heterocycles. The van der Waals surface area contributed by atoms with Gasteiger partial charge in [-0.25, -0.2) is 17.6 Å². The van der Waals surface area contributed by atoms with E-state index in [1.807, 2.05) is 0 Å². The fourth-order valence-electron chi connectivity index (χ4n) is 5.03. The molecule has 0 bridgehead atoms. The SMILES string of the molecule is [Cu+2].[Cu+2].[O-]c1ccccc1C=Nc1ccc(F)cc1.[O-]c1ccccc1C=Nc1ccc(F)cc1.[O-]c1ccccc1C=Nc1ccc(F)cc1.[O-]c1ccccc1C=Nc1ccc(F)cc1. The Bertz CT molecular complexity index is 2420. The Labute approximate surface area is 400 Å². The minimum Gasteiger partial charge on any atom is -0.872 e. The zero-order valence-corrected chi connectivity index (χ0v) is 36.2. The van der Waals surface area contributed by atoms with Crippen molar-refractivity contribution in [1.82, 2.24) is 0 Å². The van der Waals surface area contributed by atoms with Crippen LogP contribution in [-0.4, -0.2) is 24.9 Å². The summed E-state index contributed by atoms with van der Waals surface area (Å²) >= 11 is 0. The molecule has 0 amide bonds. The van der Waals surface area contributed by atoms with Crippen molar-refractivity contribution in [2.75, 3.05) is 0 Å². The van der Waals surface area contributed by atoms with E-state index >= 15 is 0 Å². The smallest absolute Gasteiger partial charge is 0.872 e. The van der Waals surface area contributed by atoms with Crippen LogP contribution in [0.25, 0.3) is 0 Å². The third-order valence-corrected chi connectivity index (χ3v) is 8.39. The van der Waals surface area contributed by atoms with Gasteiger partial charge in [-0.05, 0) is 119 Å². The Morgan fingerprint density at radius 2 is 0.424 bits per heavy atom. The van der Waals surface area contributed by atoms with E-state index in [1.165, 1.54) is 97.7 Å². The maximum Gasteiger partial charge on any atom is 2.00 e. The predicted octanol–water partition coefficient (Wildman–Crippen LogP) is 10.6. The molecule has 2 radical (unpaired) electrons. The number of nitrogens with zero attached hydrogens (tertiary/aromatic N) is 4. The molecule has 0 fully saturated rings. The number of hydrogen-bond donors (Lipinski definition) is 0. The van der Waals surface area contributed by atoms with E-state index in [-0.39, 0.29) is 80.4 Å². The second kappa shape index (κ2) is 28.2. The van der Waals surface area contributed by atoms with Crippen LogP contribution in [0, 0.1) is 23.3 Å². The van der Waals surface area contributed by atoms with E-state index < -0.39 is 0 Å². The number of aliphatic imine (C=N–C) groups is 4. The standard InChI is InChI=1S/4C13H10FNO.2Cu/c4*14-11-5-7-12(8-6-11)15-9-10-3-1-2-4-13(10)16;;/h4*1-9,16H;;/q;;;;2*+2/p-4. The van der Waals surface area contributed by atoms with Crippen molar-refractivity contribution in [3.63, 3.8) is 0 Å². The van der Waals surface area contributed by atoms with Crippen molar-refractivity contribution in [1.29, 1.82) is 0 Å². The average molecular weight is 984 g/mol. The molecular formula is C52H36Cu2F4N4O4. The van der Waals surface area contributed by atoms with Crippen molar-refractivity contribution in [3.8, 4) is 23.0 Å². The molecule has 66 heavy (non-hydrogen) atoms. The van der Waals surface area contributed by atoms with E-state index in [0.717, 1.165) is 0 Å². The summed E-state index contributed by atoms with van der Waals surface area (Å²) in [6.07, 6.45) is 5.93. The first-order valence-corrected chi connectivity index (χ1v) is 19.2. The normalized spacial score (nSPS) is 10.5. The molecule has 0 saturated heterocycles. The van der Waals surface area contributed by atoms with Gasteiger partial charge in [0.25, 0.3) is 0 Å². The summed E-state index contributed by atoms with van der Waals surface area (Å²) in [7, 11) is 0. The Morgan fingerprint density at radius 3 is 0.591 bits per heavy atom. The minimum atomic E-state index is -0.303. The van der Waals surface area contributed by atoms with Gasteiger partial charge in [-0.15, -0.1) is 23.0 Å². The summed E-state index contributed by atoms with van der Waals surface area (Å²) in [6, 6.07) is 49.5. The van der Waals surface area contributed by atoms with Crippen molar-refractivity contribution < 1.29 is 72.1 Å². The number of halogens is 4. The third kappa shape index (κ3) is 18.6. The van der Waals surface area contributed by atoms with Gasteiger partial charge in [-0.3, -0.25) is 20.0 Å². The van der Waals surface area contributed by atoms with Crippen LogP contribution in [0.2, 0.25) is 0 Å². The maximum absolute atomic E-state index is 12.6. The van der Waals surface area contributed by atoms with Gasteiger partial charge in [-0.2, -0.15) is 0 Å². The first kappa shape index (κ1) is 52.7. The van der Waals surface area contributed by atoms with Gasteiger partial charge in [-0.1, -0.05) is 97.1 Å². The summed E-state index contributed by atoms with van der Waals surface area (Å²) in [6.45, 7) is 0. The quantitative estimate of drug-likeness (QED) is 0.0849. The molecular weight excluding hydrogens is 948 g/mol. The third-order valence-electron chi connectivity index (χ3n) is 8.39. The Kier molecular flexibility index (Phi) is 22.6. The van der Waals surface area contributed by atoms with E-state index in [4.69, 9.17) is 0 Å². The van der Waals surface area contributed by atoms with Crippen LogP contribution in [-0.2, 0) is 34.1 Å². The second-order valence-corrected chi connectivity index (χ2v) is 13.1. The van der Waals surface area contributed by atoms with Crippen LogP contribution in [0.3, 0.4) is 0 Å². The monoisotopic (exact) mass is 982 g/mol. The van der Waals surface area contributed by atoms with Gasteiger partial charge in [0.1, 0.15) is 23.3 Å². The molecule has 14 heteroatoms. The average Bonchev–Trinajstić information content (AvgIpc) is 3.31. The molecule has 338 valence electrons. The first-order valence-electron chi connectivity index (χ1n) is 19.2. The summed E-state index contributed by atoms with van der Waals surface area (Å²) in [4.78, 5) is 16.3. The predicted molar refractivity (Wildman–Crippen MR) is 238 cm³/mol. The van der Waals surface area contributed by atoms with E-state index in [9.17, 15) is 38.0 Å². The largest absolute Gasteiger partial charge is 2.00 e. The number of benzene rings is 8. The van der Waals surface area contributed by atoms with Crippen LogP contribution in [0.1, 0.15) is 22.3 Å². The van der Waals surface area contributed by atoms with Gasteiger partial charge < -0.3 is 20.4 Å². The van der Waals surface area contributed by atoms with Crippen LogP contribution in [0.5, 0.6) is 23.0 Å². The topological polar surface area (TPSA) is 142 Å². The number of hydrogen-bond acceptors (Lipinski definition) is 8. The van der Waals surface area contributed by atoms with Crippen molar-refractivity contribution in [2.24, 2.45) is 20.0 Å². The molecule has 0 heterocycles. The minimum absolute atomic E-state index is 0. The molecule has 8 aromatic carbocycles. The molecule has 0 aliphatic rings. The van der Waals surface area contributed by atoms with Crippen LogP contribution >= 0.6 is 0 Å². The van der Waals surface area contributed by atoms with E-state index in [0.29, 0.717) is 45.0 Å².